The van der Waals surface area contributed by atoms with Crippen molar-refractivity contribution >= 4 is 0 Å². The van der Waals surface area contributed by atoms with Crippen LogP contribution in [0.1, 0.15) is 6.23 Å². The van der Waals surface area contributed by atoms with Gasteiger partial charge in [-0.3, -0.25) is 4.79 Å². The second-order valence-corrected chi connectivity index (χ2v) is 2.60. The first kappa shape index (κ1) is 8.21. The Labute approximate surface area is 72.7 Å². The van der Waals surface area contributed by atoms with Crippen molar-refractivity contribution in [2.75, 3.05) is 13.4 Å². The summed E-state index contributed by atoms with van der Waals surface area (Å²) >= 11 is 0. The first-order valence-corrected chi connectivity index (χ1v) is 3.78. The highest BCUT2D eigenvalue weighted by molar-refractivity contribution is 4.84. The summed E-state index contributed by atoms with van der Waals surface area (Å²) in [5.74, 6) is 0. The Hall–Kier alpha value is -1.40. The quantitative estimate of drug-likeness (QED) is 0.610. The van der Waals surface area contributed by atoms with Gasteiger partial charge < -0.3 is 14.5 Å². The molecule has 0 aliphatic carbocycles. The Bertz CT molecular complexity index is 373. The molecule has 1 unspecified atom stereocenters. The van der Waals surface area contributed by atoms with Crippen LogP contribution in [0.4, 0.5) is 0 Å². The van der Waals surface area contributed by atoms with E-state index in [4.69, 9.17) is 9.47 Å². The van der Waals surface area contributed by atoms with E-state index >= 15 is 0 Å². The van der Waals surface area contributed by atoms with Crippen LogP contribution in [0.25, 0.3) is 0 Å². The second-order valence-electron chi connectivity index (χ2n) is 2.60. The fraction of sp³-hybridized carbons (Fsp3) is 0.429. The first-order valence-electron chi connectivity index (χ1n) is 3.78. The van der Waals surface area contributed by atoms with Crippen molar-refractivity contribution in [1.29, 1.82) is 0 Å². The molecule has 1 N–H and O–H groups in total. The van der Waals surface area contributed by atoms with Crippen LogP contribution in [-0.4, -0.2) is 23.0 Å². The van der Waals surface area contributed by atoms with Crippen LogP contribution in [0.3, 0.4) is 0 Å². The number of ether oxygens (including phenoxy) is 2. The minimum absolute atomic E-state index is 0.117. The van der Waals surface area contributed by atoms with Crippen LogP contribution in [0.2, 0.25) is 0 Å². The SMILES string of the molecule is O=c1cc[nH]c(=O)n1C1COCO1. The topological polar surface area (TPSA) is 73.3 Å². The van der Waals surface area contributed by atoms with Crippen LogP contribution in [0.5, 0.6) is 0 Å². The highest BCUT2D eigenvalue weighted by Gasteiger charge is 2.20. The molecule has 1 aromatic heterocycles. The fourth-order valence-corrected chi connectivity index (χ4v) is 1.18. The molecule has 2 rings (SSSR count). The molecule has 6 nitrogen and oxygen atoms in total. The van der Waals surface area contributed by atoms with Crippen molar-refractivity contribution in [2.24, 2.45) is 0 Å². The summed E-state index contributed by atoms with van der Waals surface area (Å²) in [6.45, 7) is 0.346. The third-order valence-corrected chi connectivity index (χ3v) is 1.78. The number of aromatic amines is 1. The first-order chi connectivity index (χ1) is 6.29. The third kappa shape index (κ3) is 1.41. The second kappa shape index (κ2) is 3.15. The van der Waals surface area contributed by atoms with Crippen molar-refractivity contribution in [2.45, 2.75) is 6.23 Å². The molecule has 0 bridgehead atoms. The molecule has 1 aromatic rings. The van der Waals surface area contributed by atoms with Gasteiger partial charge in [0.05, 0.1) is 6.61 Å². The number of hydrogen-bond donors (Lipinski definition) is 1. The van der Waals surface area contributed by atoms with Gasteiger partial charge in [-0.2, -0.15) is 0 Å². The van der Waals surface area contributed by atoms with Gasteiger partial charge in [0.2, 0.25) is 0 Å². The molecule has 13 heavy (non-hydrogen) atoms. The molecule has 1 fully saturated rings. The van der Waals surface area contributed by atoms with Gasteiger partial charge in [0, 0.05) is 12.3 Å². The van der Waals surface area contributed by atoms with Crippen LogP contribution >= 0.6 is 0 Å². The molecule has 1 atom stereocenters. The molecule has 1 aliphatic rings. The summed E-state index contributed by atoms with van der Waals surface area (Å²) < 4.78 is 10.9. The van der Waals surface area contributed by atoms with Gasteiger partial charge in [0.1, 0.15) is 6.79 Å². The standard InChI is InChI=1S/C7H8N2O4/c10-5-1-2-8-7(11)9(5)6-3-12-4-13-6/h1-2,6H,3-4H2,(H,8,11). The van der Waals surface area contributed by atoms with E-state index in [1.807, 2.05) is 0 Å². The molecule has 6 heteroatoms. The Morgan fingerprint density at radius 3 is 3.00 bits per heavy atom. The zero-order valence-corrected chi connectivity index (χ0v) is 6.73. The highest BCUT2D eigenvalue weighted by Crippen LogP contribution is 2.10. The minimum Gasteiger partial charge on any atom is -0.351 e. The monoisotopic (exact) mass is 184 g/mol. The molecule has 1 aliphatic heterocycles. The van der Waals surface area contributed by atoms with Gasteiger partial charge in [-0.05, 0) is 0 Å². The Balaban J connectivity index is 2.49. The van der Waals surface area contributed by atoms with E-state index in [-0.39, 0.29) is 19.0 Å². The number of nitrogens with zero attached hydrogens (tertiary/aromatic N) is 1. The van der Waals surface area contributed by atoms with Crippen molar-refractivity contribution < 1.29 is 9.47 Å². The molecule has 0 saturated carbocycles. The van der Waals surface area contributed by atoms with E-state index in [2.05, 4.69) is 4.98 Å². The number of hydrogen-bond acceptors (Lipinski definition) is 4. The van der Waals surface area contributed by atoms with Crippen LogP contribution in [-0.2, 0) is 9.47 Å². The van der Waals surface area contributed by atoms with E-state index in [0.717, 1.165) is 4.57 Å². The van der Waals surface area contributed by atoms with Gasteiger partial charge in [-0.1, -0.05) is 0 Å². The normalized spacial score (nSPS) is 22.0. The number of H-pyrrole nitrogens is 1. The summed E-state index contributed by atoms with van der Waals surface area (Å²) in [5, 5.41) is 0. The Morgan fingerprint density at radius 1 is 1.54 bits per heavy atom. The molecular weight excluding hydrogens is 176 g/mol. The van der Waals surface area contributed by atoms with Crippen molar-refractivity contribution in [3.05, 3.63) is 33.1 Å². The predicted molar refractivity (Wildman–Crippen MR) is 42.3 cm³/mol. The lowest BCUT2D eigenvalue weighted by Gasteiger charge is -2.08. The summed E-state index contributed by atoms with van der Waals surface area (Å²) in [6.07, 6.45) is 0.703. The van der Waals surface area contributed by atoms with Crippen molar-refractivity contribution in [3.63, 3.8) is 0 Å². The molecule has 0 spiro atoms. The number of aromatic nitrogens is 2. The van der Waals surface area contributed by atoms with Gasteiger partial charge in [0.15, 0.2) is 6.23 Å². The smallest absolute Gasteiger partial charge is 0.330 e. The van der Waals surface area contributed by atoms with Crippen LogP contribution < -0.4 is 11.2 Å². The maximum absolute atomic E-state index is 11.2. The lowest BCUT2D eigenvalue weighted by Crippen LogP contribution is -2.37. The maximum Gasteiger partial charge on any atom is 0.330 e. The van der Waals surface area contributed by atoms with E-state index in [9.17, 15) is 9.59 Å². The Kier molecular flexibility index (Phi) is 1.99. The zero-order chi connectivity index (χ0) is 9.26. The molecule has 70 valence electrons. The third-order valence-electron chi connectivity index (χ3n) is 1.78. The number of nitrogens with one attached hydrogen (secondary N) is 1. The molecule has 0 amide bonds. The summed E-state index contributed by atoms with van der Waals surface area (Å²) in [5.41, 5.74) is -0.873. The minimum atomic E-state index is -0.600. The largest absolute Gasteiger partial charge is 0.351 e. The maximum atomic E-state index is 11.2. The van der Waals surface area contributed by atoms with E-state index < -0.39 is 11.9 Å². The highest BCUT2D eigenvalue weighted by atomic mass is 16.7. The lowest BCUT2D eigenvalue weighted by atomic mass is 10.5. The van der Waals surface area contributed by atoms with Crippen LogP contribution in [0, 0.1) is 0 Å². The lowest BCUT2D eigenvalue weighted by molar-refractivity contribution is 0.0203. The van der Waals surface area contributed by atoms with Crippen molar-refractivity contribution in [3.8, 4) is 0 Å². The number of rotatable bonds is 1. The van der Waals surface area contributed by atoms with Gasteiger partial charge >= 0.3 is 5.69 Å². The molecule has 1 saturated heterocycles. The summed E-state index contributed by atoms with van der Waals surface area (Å²) in [6, 6.07) is 1.27. The van der Waals surface area contributed by atoms with Gasteiger partial charge in [-0.15, -0.1) is 0 Å². The average Bonchev–Trinajstić information content (AvgIpc) is 2.57. The van der Waals surface area contributed by atoms with Crippen LogP contribution in [0.15, 0.2) is 21.9 Å². The zero-order valence-electron chi connectivity index (χ0n) is 6.73. The van der Waals surface area contributed by atoms with Crippen molar-refractivity contribution in [1.82, 2.24) is 9.55 Å². The van der Waals surface area contributed by atoms with Gasteiger partial charge in [0.25, 0.3) is 5.56 Å². The molecule has 0 aromatic carbocycles. The van der Waals surface area contributed by atoms with E-state index in [1.54, 1.807) is 0 Å². The van der Waals surface area contributed by atoms with E-state index in [0.29, 0.717) is 0 Å². The molecule has 0 radical (unpaired) electrons. The van der Waals surface area contributed by atoms with E-state index in [1.165, 1.54) is 12.3 Å². The summed E-state index contributed by atoms with van der Waals surface area (Å²) in [4.78, 5) is 24.8. The average molecular weight is 184 g/mol. The molecular formula is C7H8N2O4. The predicted octanol–water partition coefficient (Wildman–Crippen LogP) is -0.960. The van der Waals surface area contributed by atoms with Gasteiger partial charge in [-0.25, -0.2) is 9.36 Å². The summed E-state index contributed by atoms with van der Waals surface area (Å²) in [7, 11) is 0. The molecule has 2 heterocycles. The fourth-order valence-electron chi connectivity index (χ4n) is 1.18. The Morgan fingerprint density at radius 2 is 2.38 bits per heavy atom.